The van der Waals surface area contributed by atoms with Gasteiger partial charge in [0.2, 0.25) is 0 Å². The van der Waals surface area contributed by atoms with Crippen molar-refractivity contribution < 1.29 is 0 Å². The van der Waals surface area contributed by atoms with Crippen LogP contribution in [0.4, 0.5) is 0 Å². The molecule has 2 saturated carbocycles. The van der Waals surface area contributed by atoms with Crippen molar-refractivity contribution in [3.63, 3.8) is 0 Å². The second kappa shape index (κ2) is 5.52. The third kappa shape index (κ3) is 2.76. The van der Waals surface area contributed by atoms with Gasteiger partial charge in [0, 0.05) is 23.4 Å². The summed E-state index contributed by atoms with van der Waals surface area (Å²) in [5.41, 5.74) is 5.33. The molecule has 0 amide bonds. The Kier molecular flexibility index (Phi) is 3.53. The summed E-state index contributed by atoms with van der Waals surface area (Å²) < 4.78 is 0. The van der Waals surface area contributed by atoms with Gasteiger partial charge in [0.25, 0.3) is 0 Å². The van der Waals surface area contributed by atoms with Crippen molar-refractivity contribution in [1.82, 2.24) is 10.4 Å². The van der Waals surface area contributed by atoms with Gasteiger partial charge in [-0.15, -0.1) is 11.3 Å². The maximum atomic E-state index is 5.81. The summed E-state index contributed by atoms with van der Waals surface area (Å²) in [5.74, 6) is 8.55. The highest BCUT2D eigenvalue weighted by atomic mass is 32.1. The number of hydrazine groups is 1. The summed E-state index contributed by atoms with van der Waals surface area (Å²) in [6, 6.07) is 10.8. The Hall–Kier alpha value is -1.23. The second-order valence-corrected chi connectivity index (χ2v) is 7.40. The van der Waals surface area contributed by atoms with Crippen LogP contribution in [0.2, 0.25) is 0 Å². The zero-order chi connectivity index (χ0) is 14.2. The molecule has 3 unspecified atom stereocenters. The van der Waals surface area contributed by atoms with Crippen molar-refractivity contribution in [3.05, 3.63) is 40.7 Å². The third-order valence-electron chi connectivity index (χ3n) is 5.08. The van der Waals surface area contributed by atoms with Crippen LogP contribution in [0.3, 0.4) is 0 Å². The molecular formula is C17H21N3S. The van der Waals surface area contributed by atoms with Crippen molar-refractivity contribution in [1.29, 1.82) is 0 Å². The lowest BCUT2D eigenvalue weighted by Gasteiger charge is -2.23. The van der Waals surface area contributed by atoms with E-state index in [0.717, 1.165) is 29.9 Å². The molecule has 1 heterocycles. The van der Waals surface area contributed by atoms with Gasteiger partial charge < -0.3 is 0 Å². The fourth-order valence-electron chi connectivity index (χ4n) is 3.79. The molecule has 21 heavy (non-hydrogen) atoms. The molecule has 3 atom stereocenters. The minimum absolute atomic E-state index is 0.382. The Morgan fingerprint density at radius 3 is 2.67 bits per heavy atom. The van der Waals surface area contributed by atoms with Gasteiger partial charge in [-0.05, 0) is 37.0 Å². The number of nitrogens with two attached hydrogens (primary N) is 1. The topological polar surface area (TPSA) is 50.9 Å². The van der Waals surface area contributed by atoms with E-state index in [1.807, 2.05) is 6.07 Å². The molecule has 110 valence electrons. The van der Waals surface area contributed by atoms with Crippen molar-refractivity contribution in [3.8, 4) is 11.3 Å². The van der Waals surface area contributed by atoms with Gasteiger partial charge >= 0.3 is 0 Å². The normalized spacial score (nSPS) is 28.3. The molecule has 3 N–H and O–H groups in total. The van der Waals surface area contributed by atoms with Crippen molar-refractivity contribution in [2.75, 3.05) is 0 Å². The lowest BCUT2D eigenvalue weighted by molar-refractivity contribution is 0.335. The van der Waals surface area contributed by atoms with Gasteiger partial charge in [0.15, 0.2) is 0 Å². The van der Waals surface area contributed by atoms with E-state index in [0.29, 0.717) is 6.04 Å². The highest BCUT2D eigenvalue weighted by Gasteiger charge is 2.47. The number of nitrogens with zero attached hydrogens (tertiary/aromatic N) is 1. The minimum atomic E-state index is 0.382. The number of aromatic nitrogens is 1. The Morgan fingerprint density at radius 2 is 1.95 bits per heavy atom. The van der Waals surface area contributed by atoms with Gasteiger partial charge in [-0.3, -0.25) is 11.3 Å². The van der Waals surface area contributed by atoms with Gasteiger partial charge in [-0.1, -0.05) is 30.3 Å². The van der Waals surface area contributed by atoms with Gasteiger partial charge in [0.1, 0.15) is 0 Å². The molecule has 0 radical (unpaired) electrons. The van der Waals surface area contributed by atoms with Gasteiger partial charge in [0.05, 0.1) is 10.7 Å². The van der Waals surface area contributed by atoms with E-state index >= 15 is 0 Å². The van der Waals surface area contributed by atoms with Gasteiger partial charge in [-0.25, -0.2) is 4.98 Å². The summed E-state index contributed by atoms with van der Waals surface area (Å²) in [5, 5.41) is 3.35. The van der Waals surface area contributed by atoms with Crippen molar-refractivity contribution in [2.24, 2.45) is 23.6 Å². The second-order valence-electron chi connectivity index (χ2n) is 6.46. The predicted octanol–water partition coefficient (Wildman–Crippen LogP) is 3.23. The van der Waals surface area contributed by atoms with Crippen LogP contribution in [0.5, 0.6) is 0 Å². The molecule has 1 aromatic heterocycles. The Morgan fingerprint density at radius 1 is 1.19 bits per heavy atom. The first-order valence-corrected chi connectivity index (χ1v) is 8.67. The fraction of sp³-hybridized carbons (Fsp3) is 0.471. The predicted molar refractivity (Wildman–Crippen MR) is 86.7 cm³/mol. The van der Waals surface area contributed by atoms with Crippen molar-refractivity contribution >= 4 is 11.3 Å². The minimum Gasteiger partial charge on any atom is -0.271 e. The number of hydrogen-bond donors (Lipinski definition) is 2. The van der Waals surface area contributed by atoms with Crippen LogP contribution < -0.4 is 11.3 Å². The summed E-state index contributed by atoms with van der Waals surface area (Å²) in [7, 11) is 0. The number of benzene rings is 1. The van der Waals surface area contributed by atoms with E-state index in [-0.39, 0.29) is 0 Å². The lowest BCUT2D eigenvalue weighted by Crippen LogP contribution is -2.42. The Balaban J connectivity index is 1.45. The summed E-state index contributed by atoms with van der Waals surface area (Å²) in [6.45, 7) is 0. The number of hydrogen-bond acceptors (Lipinski definition) is 4. The van der Waals surface area contributed by atoms with Crippen LogP contribution in [0.1, 0.15) is 24.3 Å². The quantitative estimate of drug-likeness (QED) is 0.658. The molecular weight excluding hydrogens is 278 g/mol. The molecule has 0 spiro atoms. The zero-order valence-electron chi connectivity index (χ0n) is 12.0. The van der Waals surface area contributed by atoms with E-state index in [9.17, 15) is 0 Å². The molecule has 0 aliphatic heterocycles. The largest absolute Gasteiger partial charge is 0.271 e. The molecule has 4 rings (SSSR count). The van der Waals surface area contributed by atoms with Crippen LogP contribution in [0, 0.1) is 17.8 Å². The van der Waals surface area contributed by atoms with Crippen molar-refractivity contribution in [2.45, 2.75) is 31.7 Å². The highest BCUT2D eigenvalue weighted by Crippen LogP contribution is 2.55. The number of rotatable bonds is 5. The van der Waals surface area contributed by atoms with E-state index < -0.39 is 0 Å². The SMILES string of the molecule is NNC(Cc1nc(-c2ccccc2)cs1)C1CC2CC2C1. The maximum absolute atomic E-state index is 5.81. The number of fused-ring (bicyclic) bond motifs is 1. The number of thiazole rings is 1. The molecule has 0 bridgehead atoms. The smallest absolute Gasteiger partial charge is 0.0948 e. The summed E-state index contributed by atoms with van der Waals surface area (Å²) in [4.78, 5) is 4.79. The van der Waals surface area contributed by atoms with Crippen LogP contribution in [-0.2, 0) is 6.42 Å². The van der Waals surface area contributed by atoms with Crippen LogP contribution in [0.25, 0.3) is 11.3 Å². The molecule has 2 aliphatic rings. The first kappa shape index (κ1) is 13.4. The third-order valence-corrected chi connectivity index (χ3v) is 5.95. The van der Waals surface area contributed by atoms with E-state index in [4.69, 9.17) is 10.8 Å². The Labute approximate surface area is 129 Å². The molecule has 4 heteroatoms. The van der Waals surface area contributed by atoms with E-state index in [1.54, 1.807) is 11.3 Å². The van der Waals surface area contributed by atoms with E-state index in [1.165, 1.54) is 29.8 Å². The summed E-state index contributed by atoms with van der Waals surface area (Å²) in [6.07, 6.45) is 5.13. The molecule has 3 nitrogen and oxygen atoms in total. The highest BCUT2D eigenvalue weighted by molar-refractivity contribution is 7.09. The first-order valence-electron chi connectivity index (χ1n) is 7.79. The van der Waals surface area contributed by atoms with Crippen LogP contribution >= 0.6 is 11.3 Å². The zero-order valence-corrected chi connectivity index (χ0v) is 12.9. The lowest BCUT2D eigenvalue weighted by atomic mass is 9.93. The molecule has 1 aromatic carbocycles. The average molecular weight is 299 g/mol. The van der Waals surface area contributed by atoms with Crippen LogP contribution in [0.15, 0.2) is 35.7 Å². The standard InChI is InChI=1S/C17H21N3S/c18-20-15(14-7-12-6-13(12)8-14)9-17-19-16(10-21-17)11-4-2-1-3-5-11/h1-5,10,12-15,20H,6-9,18H2. The maximum Gasteiger partial charge on any atom is 0.0948 e. The summed E-state index contributed by atoms with van der Waals surface area (Å²) >= 11 is 1.75. The monoisotopic (exact) mass is 299 g/mol. The molecule has 2 fully saturated rings. The van der Waals surface area contributed by atoms with Gasteiger partial charge in [-0.2, -0.15) is 0 Å². The average Bonchev–Trinajstić information content (AvgIpc) is 2.94. The molecule has 2 aromatic rings. The number of nitrogens with one attached hydrogen (secondary N) is 1. The van der Waals surface area contributed by atoms with E-state index in [2.05, 4.69) is 35.1 Å². The van der Waals surface area contributed by atoms with Crippen LogP contribution in [-0.4, -0.2) is 11.0 Å². The molecule has 2 aliphatic carbocycles. The Bertz CT molecular complexity index is 600. The first-order chi connectivity index (χ1) is 10.3. The fourth-order valence-corrected chi connectivity index (χ4v) is 4.65. The molecule has 0 saturated heterocycles.